The van der Waals surface area contributed by atoms with Gasteiger partial charge in [-0.3, -0.25) is 4.79 Å². The lowest BCUT2D eigenvalue weighted by Gasteiger charge is -2.23. The summed E-state index contributed by atoms with van der Waals surface area (Å²) in [6, 6.07) is 7.89. The van der Waals surface area contributed by atoms with Crippen LogP contribution in [0.2, 0.25) is 0 Å². The van der Waals surface area contributed by atoms with E-state index in [1.807, 2.05) is 6.92 Å². The molecule has 0 radical (unpaired) electrons. The Morgan fingerprint density at radius 1 is 1.21 bits per heavy atom. The molecule has 19 heavy (non-hydrogen) atoms. The van der Waals surface area contributed by atoms with E-state index < -0.39 is 6.04 Å². The number of carbonyl (C=O) groups excluding carboxylic acids is 1. The Morgan fingerprint density at radius 3 is 2.26 bits per heavy atom. The van der Waals surface area contributed by atoms with Crippen LogP contribution in [-0.4, -0.2) is 11.9 Å². The van der Waals surface area contributed by atoms with Crippen LogP contribution in [0, 0.1) is 12.8 Å². The second-order valence-corrected chi connectivity index (χ2v) is 5.29. The molecule has 0 saturated heterocycles. The van der Waals surface area contributed by atoms with Crippen molar-refractivity contribution in [2.75, 3.05) is 0 Å². The molecule has 1 rings (SSSR count). The van der Waals surface area contributed by atoms with Crippen LogP contribution in [0.4, 0.5) is 0 Å². The maximum absolute atomic E-state index is 12.1. The van der Waals surface area contributed by atoms with Crippen molar-refractivity contribution in [2.45, 2.75) is 52.6 Å². The van der Waals surface area contributed by atoms with Gasteiger partial charge in [0.25, 0.3) is 0 Å². The maximum atomic E-state index is 12.1. The van der Waals surface area contributed by atoms with Gasteiger partial charge in [-0.05, 0) is 24.8 Å². The van der Waals surface area contributed by atoms with Crippen molar-refractivity contribution >= 4 is 5.91 Å². The highest BCUT2D eigenvalue weighted by molar-refractivity contribution is 5.82. The average Bonchev–Trinajstić information content (AvgIpc) is 2.43. The molecule has 0 aliphatic rings. The highest BCUT2D eigenvalue weighted by Crippen LogP contribution is 2.18. The Hall–Kier alpha value is -1.35. The van der Waals surface area contributed by atoms with Crippen LogP contribution in [0.1, 0.15) is 50.8 Å². The lowest BCUT2D eigenvalue weighted by Crippen LogP contribution is -2.45. The standard InChI is InChI=1S/C16H26N2O/c1-5-12(4)15(17)16(19)18-14(6-2)13-9-7-11(3)8-10-13/h7-10,12,14-15H,5-6,17H2,1-4H3,(H,18,19). The first kappa shape index (κ1) is 15.7. The van der Waals surface area contributed by atoms with Crippen molar-refractivity contribution in [1.82, 2.24) is 5.32 Å². The number of aryl methyl sites for hydroxylation is 1. The number of hydrogen-bond donors (Lipinski definition) is 2. The van der Waals surface area contributed by atoms with E-state index in [1.165, 1.54) is 5.56 Å². The van der Waals surface area contributed by atoms with Crippen molar-refractivity contribution in [3.05, 3.63) is 35.4 Å². The monoisotopic (exact) mass is 262 g/mol. The highest BCUT2D eigenvalue weighted by Gasteiger charge is 2.22. The SMILES string of the molecule is CCC(NC(=O)C(N)C(C)CC)c1ccc(C)cc1. The van der Waals surface area contributed by atoms with Gasteiger partial charge in [-0.2, -0.15) is 0 Å². The van der Waals surface area contributed by atoms with Gasteiger partial charge in [-0.15, -0.1) is 0 Å². The van der Waals surface area contributed by atoms with Crippen LogP contribution >= 0.6 is 0 Å². The number of rotatable bonds is 6. The molecule has 0 aromatic heterocycles. The summed E-state index contributed by atoms with van der Waals surface area (Å²) < 4.78 is 0. The first-order valence-electron chi connectivity index (χ1n) is 7.12. The van der Waals surface area contributed by atoms with E-state index in [9.17, 15) is 4.79 Å². The number of benzene rings is 1. The Bertz CT molecular complexity index is 400. The Balaban J connectivity index is 2.72. The molecule has 0 bridgehead atoms. The third-order valence-corrected chi connectivity index (χ3v) is 3.76. The van der Waals surface area contributed by atoms with E-state index in [0.717, 1.165) is 18.4 Å². The van der Waals surface area contributed by atoms with Gasteiger partial charge in [-0.25, -0.2) is 0 Å². The van der Waals surface area contributed by atoms with Crippen molar-refractivity contribution in [3.8, 4) is 0 Å². The fourth-order valence-electron chi connectivity index (χ4n) is 2.00. The molecule has 0 fully saturated rings. The van der Waals surface area contributed by atoms with Crippen LogP contribution in [0.5, 0.6) is 0 Å². The van der Waals surface area contributed by atoms with E-state index in [0.29, 0.717) is 0 Å². The number of carbonyl (C=O) groups is 1. The lowest BCUT2D eigenvalue weighted by molar-refractivity contribution is -0.124. The van der Waals surface area contributed by atoms with Crippen molar-refractivity contribution in [1.29, 1.82) is 0 Å². The fraction of sp³-hybridized carbons (Fsp3) is 0.562. The molecule has 3 nitrogen and oxygen atoms in total. The smallest absolute Gasteiger partial charge is 0.237 e. The van der Waals surface area contributed by atoms with Crippen LogP contribution in [0.25, 0.3) is 0 Å². The fourth-order valence-corrected chi connectivity index (χ4v) is 2.00. The summed E-state index contributed by atoms with van der Waals surface area (Å²) in [6.07, 6.45) is 1.78. The van der Waals surface area contributed by atoms with Gasteiger partial charge in [-0.1, -0.05) is 57.0 Å². The molecule has 3 unspecified atom stereocenters. The van der Waals surface area contributed by atoms with Gasteiger partial charge in [0.1, 0.15) is 0 Å². The van der Waals surface area contributed by atoms with Gasteiger partial charge in [0.2, 0.25) is 5.91 Å². The average molecular weight is 262 g/mol. The molecule has 0 saturated carbocycles. The predicted octanol–water partition coefficient (Wildman–Crippen LogP) is 2.94. The van der Waals surface area contributed by atoms with Crippen molar-refractivity contribution < 1.29 is 4.79 Å². The van der Waals surface area contributed by atoms with Crippen molar-refractivity contribution in [2.24, 2.45) is 11.7 Å². The molecule has 0 aliphatic heterocycles. The van der Waals surface area contributed by atoms with Crippen molar-refractivity contribution in [3.63, 3.8) is 0 Å². The van der Waals surface area contributed by atoms with Crippen LogP contribution in [0.15, 0.2) is 24.3 Å². The summed E-state index contributed by atoms with van der Waals surface area (Å²) in [5.74, 6) is 0.150. The molecule has 3 heteroatoms. The molecule has 0 spiro atoms. The molecule has 106 valence electrons. The normalized spacial score (nSPS) is 15.6. The minimum absolute atomic E-state index is 0.0446. The maximum Gasteiger partial charge on any atom is 0.237 e. The molecule has 0 heterocycles. The zero-order valence-electron chi connectivity index (χ0n) is 12.4. The van der Waals surface area contributed by atoms with E-state index in [2.05, 4.69) is 50.4 Å². The molecule has 1 amide bonds. The third kappa shape index (κ3) is 4.35. The Labute approximate surface area is 116 Å². The van der Waals surface area contributed by atoms with Gasteiger partial charge in [0, 0.05) is 0 Å². The van der Waals surface area contributed by atoms with Crippen LogP contribution in [0.3, 0.4) is 0 Å². The second-order valence-electron chi connectivity index (χ2n) is 5.29. The largest absolute Gasteiger partial charge is 0.348 e. The van der Waals surface area contributed by atoms with E-state index in [-0.39, 0.29) is 17.9 Å². The number of nitrogens with one attached hydrogen (secondary N) is 1. The minimum atomic E-state index is -0.426. The predicted molar refractivity (Wildman–Crippen MR) is 79.8 cm³/mol. The van der Waals surface area contributed by atoms with Gasteiger partial charge >= 0.3 is 0 Å². The summed E-state index contributed by atoms with van der Waals surface area (Å²) in [5, 5.41) is 3.05. The molecular weight excluding hydrogens is 236 g/mol. The Morgan fingerprint density at radius 2 is 1.79 bits per heavy atom. The zero-order chi connectivity index (χ0) is 14.4. The summed E-state index contributed by atoms with van der Waals surface area (Å²) in [7, 11) is 0. The van der Waals surface area contributed by atoms with E-state index >= 15 is 0 Å². The zero-order valence-corrected chi connectivity index (χ0v) is 12.4. The molecule has 1 aromatic rings. The topological polar surface area (TPSA) is 55.1 Å². The summed E-state index contributed by atoms with van der Waals surface area (Å²) >= 11 is 0. The summed E-state index contributed by atoms with van der Waals surface area (Å²) in [6.45, 7) is 8.19. The van der Waals surface area contributed by atoms with Gasteiger partial charge < -0.3 is 11.1 Å². The van der Waals surface area contributed by atoms with Crippen LogP contribution < -0.4 is 11.1 Å². The summed E-state index contributed by atoms with van der Waals surface area (Å²) in [4.78, 5) is 12.1. The first-order valence-corrected chi connectivity index (χ1v) is 7.12. The lowest BCUT2D eigenvalue weighted by atomic mass is 9.97. The third-order valence-electron chi connectivity index (χ3n) is 3.76. The molecule has 0 aliphatic carbocycles. The van der Waals surface area contributed by atoms with Crippen LogP contribution in [-0.2, 0) is 4.79 Å². The summed E-state index contributed by atoms with van der Waals surface area (Å²) in [5.41, 5.74) is 8.32. The second kappa shape index (κ2) is 7.29. The quantitative estimate of drug-likeness (QED) is 0.828. The van der Waals surface area contributed by atoms with Gasteiger partial charge in [0.05, 0.1) is 12.1 Å². The van der Waals surface area contributed by atoms with E-state index in [4.69, 9.17) is 5.73 Å². The highest BCUT2D eigenvalue weighted by atomic mass is 16.2. The molecule has 1 aromatic carbocycles. The molecular formula is C16H26N2O. The first-order chi connectivity index (χ1) is 8.99. The minimum Gasteiger partial charge on any atom is -0.348 e. The molecule has 3 N–H and O–H groups in total. The van der Waals surface area contributed by atoms with E-state index in [1.54, 1.807) is 0 Å². The van der Waals surface area contributed by atoms with Gasteiger partial charge in [0.15, 0.2) is 0 Å². The molecule has 3 atom stereocenters. The number of hydrogen-bond acceptors (Lipinski definition) is 2. The Kier molecular flexibility index (Phi) is 6.03. The number of nitrogens with two attached hydrogens (primary N) is 1. The number of amides is 1.